The number of rotatable bonds is 8. The molecule has 0 saturated carbocycles. The number of fused-ring (bicyclic) bond motifs is 3. The zero-order valence-corrected chi connectivity index (χ0v) is 21.2. The number of nitrogens with zero attached hydrogens (tertiary/aromatic N) is 3. The Morgan fingerprint density at radius 3 is 2.71 bits per heavy atom. The third-order valence-electron chi connectivity index (χ3n) is 7.38. The number of benzene rings is 1. The lowest BCUT2D eigenvalue weighted by atomic mass is 9.96. The molecule has 8 heteroatoms. The average Bonchev–Trinajstić information content (AvgIpc) is 3.28. The predicted molar refractivity (Wildman–Crippen MR) is 139 cm³/mol. The number of nitrogens with one attached hydrogen (secondary N) is 1. The number of hydrogen-bond donors (Lipinski definition) is 1. The number of carbonyl (C=O) groups excluding carboxylic acids is 1. The van der Waals surface area contributed by atoms with Crippen LogP contribution in [0.2, 0.25) is 0 Å². The van der Waals surface area contributed by atoms with Crippen LogP contribution in [-0.4, -0.2) is 47.1 Å². The summed E-state index contributed by atoms with van der Waals surface area (Å²) in [7, 11) is 1.69. The van der Waals surface area contributed by atoms with Crippen molar-refractivity contribution in [1.29, 1.82) is 0 Å². The maximum Gasteiger partial charge on any atom is 0.262 e. The van der Waals surface area contributed by atoms with Crippen LogP contribution < -0.4 is 15.6 Å². The Balaban J connectivity index is 1.07. The van der Waals surface area contributed by atoms with Crippen LogP contribution in [0.5, 0.6) is 5.75 Å². The molecule has 1 aromatic carbocycles. The molecule has 0 spiro atoms. The number of hydrogen-bond acceptors (Lipinski definition) is 6. The van der Waals surface area contributed by atoms with Crippen LogP contribution in [0.1, 0.15) is 48.1 Å². The van der Waals surface area contributed by atoms with Crippen LogP contribution in [0, 0.1) is 5.92 Å². The molecule has 0 unspecified atom stereocenters. The molecule has 1 saturated heterocycles. The number of ether oxygens (including phenoxy) is 1. The van der Waals surface area contributed by atoms with Gasteiger partial charge >= 0.3 is 0 Å². The van der Waals surface area contributed by atoms with E-state index in [4.69, 9.17) is 4.74 Å². The molecule has 1 fully saturated rings. The van der Waals surface area contributed by atoms with Gasteiger partial charge in [0.05, 0.1) is 18.8 Å². The van der Waals surface area contributed by atoms with Gasteiger partial charge in [0.2, 0.25) is 5.91 Å². The van der Waals surface area contributed by atoms with Crippen molar-refractivity contribution in [3.8, 4) is 5.75 Å². The summed E-state index contributed by atoms with van der Waals surface area (Å²) >= 11 is 1.66. The Hall–Kier alpha value is -2.71. The predicted octanol–water partition coefficient (Wildman–Crippen LogP) is 3.76. The minimum absolute atomic E-state index is 0.00464. The molecular formula is C27H34N4O3S. The van der Waals surface area contributed by atoms with Gasteiger partial charge in [0.1, 0.15) is 10.6 Å². The number of aromatic nitrogens is 2. The summed E-state index contributed by atoms with van der Waals surface area (Å²) in [6, 6.07) is 8.26. The second-order valence-electron chi connectivity index (χ2n) is 9.76. The summed E-state index contributed by atoms with van der Waals surface area (Å²) in [4.78, 5) is 34.7. The summed E-state index contributed by atoms with van der Waals surface area (Å²) in [6.07, 6.45) is 8.42. The minimum Gasteiger partial charge on any atom is -0.497 e. The monoisotopic (exact) mass is 494 g/mol. The Morgan fingerprint density at radius 1 is 1.17 bits per heavy atom. The molecule has 1 aliphatic carbocycles. The molecule has 5 rings (SSSR count). The van der Waals surface area contributed by atoms with E-state index in [0.717, 1.165) is 67.7 Å². The summed E-state index contributed by atoms with van der Waals surface area (Å²) in [5.74, 6) is 1.39. The van der Waals surface area contributed by atoms with Gasteiger partial charge < -0.3 is 10.1 Å². The molecule has 0 bridgehead atoms. The third kappa shape index (κ3) is 5.59. The fourth-order valence-corrected chi connectivity index (χ4v) is 6.47. The Labute approximate surface area is 210 Å². The number of piperidine rings is 1. The zero-order valence-electron chi connectivity index (χ0n) is 20.4. The second kappa shape index (κ2) is 10.9. The highest BCUT2D eigenvalue weighted by atomic mass is 32.1. The smallest absolute Gasteiger partial charge is 0.262 e. The van der Waals surface area contributed by atoms with E-state index in [-0.39, 0.29) is 11.5 Å². The van der Waals surface area contributed by atoms with Gasteiger partial charge in [0.25, 0.3) is 5.56 Å². The van der Waals surface area contributed by atoms with Gasteiger partial charge in [-0.05, 0) is 80.8 Å². The number of carbonyl (C=O) groups is 1. The van der Waals surface area contributed by atoms with Gasteiger partial charge in [-0.25, -0.2) is 4.98 Å². The molecule has 3 aromatic rings. The van der Waals surface area contributed by atoms with E-state index in [9.17, 15) is 9.59 Å². The lowest BCUT2D eigenvalue weighted by Crippen LogP contribution is -2.38. The quantitative estimate of drug-likeness (QED) is 0.516. The van der Waals surface area contributed by atoms with Crippen molar-refractivity contribution in [3.63, 3.8) is 0 Å². The third-order valence-corrected chi connectivity index (χ3v) is 8.58. The first-order valence-corrected chi connectivity index (χ1v) is 13.5. The van der Waals surface area contributed by atoms with Gasteiger partial charge in [-0.3, -0.25) is 19.1 Å². The van der Waals surface area contributed by atoms with E-state index < -0.39 is 0 Å². The molecule has 35 heavy (non-hydrogen) atoms. The molecule has 3 heterocycles. The first-order chi connectivity index (χ1) is 17.1. The normalized spacial score (nSPS) is 16.8. The lowest BCUT2D eigenvalue weighted by molar-refractivity contribution is -0.121. The van der Waals surface area contributed by atoms with Crippen LogP contribution in [0.3, 0.4) is 0 Å². The van der Waals surface area contributed by atoms with Crippen molar-refractivity contribution in [3.05, 3.63) is 57.0 Å². The number of aryl methyl sites for hydroxylation is 3. The van der Waals surface area contributed by atoms with E-state index in [1.54, 1.807) is 29.3 Å². The molecule has 0 radical (unpaired) electrons. The molecule has 2 aromatic heterocycles. The van der Waals surface area contributed by atoms with Crippen LogP contribution in [-0.2, 0) is 30.7 Å². The first-order valence-electron chi connectivity index (χ1n) is 12.7. The summed E-state index contributed by atoms with van der Waals surface area (Å²) in [5.41, 5.74) is 2.50. The number of likely N-dealkylation sites (tertiary alicyclic amines) is 1. The Kier molecular flexibility index (Phi) is 7.48. The van der Waals surface area contributed by atoms with Crippen molar-refractivity contribution in [1.82, 2.24) is 19.8 Å². The molecule has 1 aliphatic heterocycles. The van der Waals surface area contributed by atoms with Gasteiger partial charge in [-0.2, -0.15) is 0 Å². The van der Waals surface area contributed by atoms with Gasteiger partial charge in [0.15, 0.2) is 0 Å². The second-order valence-corrected chi connectivity index (χ2v) is 10.8. The number of methoxy groups -OCH3 is 1. The van der Waals surface area contributed by atoms with E-state index in [2.05, 4.69) is 27.3 Å². The van der Waals surface area contributed by atoms with Crippen LogP contribution in [0.4, 0.5) is 0 Å². The van der Waals surface area contributed by atoms with Crippen molar-refractivity contribution >= 4 is 27.5 Å². The summed E-state index contributed by atoms with van der Waals surface area (Å²) in [5, 5.41) is 3.88. The molecule has 2 aliphatic rings. The van der Waals surface area contributed by atoms with Crippen molar-refractivity contribution in [2.45, 2.75) is 58.0 Å². The standard InChI is InChI=1S/C27H34N4O3S/c1-34-21-8-6-20(7-9-21)17-30-13-10-19(11-14-30)16-28-24(32)12-15-31-18-29-26-25(27(31)33)22-4-2-3-5-23(22)35-26/h6-9,18-19H,2-5,10-17H2,1H3,(H,28,32). The highest BCUT2D eigenvalue weighted by molar-refractivity contribution is 7.18. The van der Waals surface area contributed by atoms with Gasteiger partial charge in [0, 0.05) is 30.9 Å². The van der Waals surface area contributed by atoms with E-state index in [1.807, 2.05) is 12.1 Å². The van der Waals surface area contributed by atoms with Crippen molar-refractivity contribution in [2.24, 2.45) is 5.92 Å². The SMILES string of the molecule is COc1ccc(CN2CCC(CNC(=O)CCn3cnc4sc5c(c4c3=O)CCCC5)CC2)cc1. The highest BCUT2D eigenvalue weighted by Crippen LogP contribution is 2.33. The van der Waals surface area contributed by atoms with E-state index in [0.29, 0.717) is 25.4 Å². The molecule has 7 nitrogen and oxygen atoms in total. The zero-order chi connectivity index (χ0) is 24.2. The number of thiophene rings is 1. The molecule has 1 N–H and O–H groups in total. The topological polar surface area (TPSA) is 76.5 Å². The molecule has 0 atom stereocenters. The Morgan fingerprint density at radius 2 is 1.94 bits per heavy atom. The van der Waals surface area contributed by atoms with Crippen LogP contribution in [0.15, 0.2) is 35.4 Å². The lowest BCUT2D eigenvalue weighted by Gasteiger charge is -2.32. The Bertz CT molecular complexity index is 1230. The maximum atomic E-state index is 13.1. The van der Waals surface area contributed by atoms with Crippen LogP contribution >= 0.6 is 11.3 Å². The van der Waals surface area contributed by atoms with E-state index in [1.165, 1.54) is 22.4 Å². The summed E-state index contributed by atoms with van der Waals surface area (Å²) < 4.78 is 6.85. The minimum atomic E-state index is 0.00464. The van der Waals surface area contributed by atoms with Gasteiger partial charge in [-0.1, -0.05) is 12.1 Å². The fourth-order valence-electron chi connectivity index (χ4n) is 5.25. The van der Waals surface area contributed by atoms with Crippen molar-refractivity contribution in [2.75, 3.05) is 26.7 Å². The first kappa shape index (κ1) is 24.0. The van der Waals surface area contributed by atoms with E-state index >= 15 is 0 Å². The summed E-state index contributed by atoms with van der Waals surface area (Å²) in [6.45, 7) is 4.11. The van der Waals surface area contributed by atoms with Crippen molar-refractivity contribution < 1.29 is 9.53 Å². The number of amides is 1. The van der Waals surface area contributed by atoms with Gasteiger partial charge in [-0.15, -0.1) is 11.3 Å². The average molecular weight is 495 g/mol. The molecular weight excluding hydrogens is 460 g/mol. The largest absolute Gasteiger partial charge is 0.497 e. The highest BCUT2D eigenvalue weighted by Gasteiger charge is 2.21. The fraction of sp³-hybridized carbons (Fsp3) is 0.519. The molecule has 1 amide bonds. The van der Waals surface area contributed by atoms with Crippen LogP contribution in [0.25, 0.3) is 10.2 Å². The maximum absolute atomic E-state index is 13.1. The molecule has 186 valence electrons.